The second kappa shape index (κ2) is 18.8. The Morgan fingerprint density at radius 3 is 2.55 bits per heavy atom. The normalized spacial score (nSPS) is 17.4. The van der Waals surface area contributed by atoms with E-state index in [1.54, 1.807) is 31.5 Å². The topological polar surface area (TPSA) is 134 Å². The lowest BCUT2D eigenvalue weighted by Crippen LogP contribution is -2.52. The summed E-state index contributed by atoms with van der Waals surface area (Å²) in [5.41, 5.74) is 5.44. The number of rotatable bonds is 16. The summed E-state index contributed by atoms with van der Waals surface area (Å²) in [6.07, 6.45) is 8.83. The largest absolute Gasteiger partial charge is 0.496 e. The maximum absolute atomic E-state index is 13.0. The van der Waals surface area contributed by atoms with Crippen molar-refractivity contribution in [3.8, 4) is 5.75 Å². The van der Waals surface area contributed by atoms with Gasteiger partial charge in [-0.05, 0) is 93.1 Å². The lowest BCUT2D eigenvalue weighted by atomic mass is 10.0. The van der Waals surface area contributed by atoms with Crippen LogP contribution < -0.4 is 25.6 Å². The summed E-state index contributed by atoms with van der Waals surface area (Å²) in [4.78, 5) is 51.4. The molecular weight excluding hydrogens is 791 g/mol. The second-order valence-corrected chi connectivity index (χ2v) is 20.5. The van der Waals surface area contributed by atoms with Crippen LogP contribution in [-0.4, -0.2) is 90.5 Å². The molecule has 3 aromatic carbocycles. The molecule has 3 amide bonds. The van der Waals surface area contributed by atoms with Crippen molar-refractivity contribution < 1.29 is 23.7 Å². The monoisotopic (exact) mass is 842 g/mol. The number of carbonyl (C=O) groups is 3. The van der Waals surface area contributed by atoms with E-state index in [0.717, 1.165) is 95.8 Å². The fraction of sp³-hybridized carbons (Fsp3) is 0.432. The van der Waals surface area contributed by atoms with Gasteiger partial charge in [0.2, 0.25) is 11.8 Å². The van der Waals surface area contributed by atoms with Gasteiger partial charge in [-0.2, -0.15) is 0 Å². The fourth-order valence-electron chi connectivity index (χ4n) is 8.15. The molecule has 58 heavy (non-hydrogen) atoms. The molecule has 3 aliphatic heterocycles. The number of fused-ring (bicyclic) bond motifs is 1. The summed E-state index contributed by atoms with van der Waals surface area (Å²) >= 11 is 8.36. The maximum atomic E-state index is 13.0. The van der Waals surface area contributed by atoms with Gasteiger partial charge in [-0.15, -0.1) is 11.8 Å². The molecule has 0 saturated carbocycles. The molecule has 1 atom stereocenters. The predicted octanol–water partition coefficient (Wildman–Crippen LogP) is 6.85. The van der Waals surface area contributed by atoms with Gasteiger partial charge >= 0.3 is 0 Å². The van der Waals surface area contributed by atoms with Crippen molar-refractivity contribution in [2.24, 2.45) is 0 Å². The Bertz CT molecular complexity index is 2210. The number of piperidine rings is 2. The van der Waals surface area contributed by atoms with Gasteiger partial charge in [0.15, 0.2) is 0 Å². The Kier molecular flexibility index (Phi) is 13.6. The average Bonchev–Trinajstić information content (AvgIpc) is 3.53. The highest BCUT2D eigenvalue weighted by molar-refractivity contribution is 7.99. The second-order valence-electron chi connectivity index (χ2n) is 15.8. The van der Waals surface area contributed by atoms with Crippen molar-refractivity contribution in [3.05, 3.63) is 106 Å². The van der Waals surface area contributed by atoms with E-state index in [0.29, 0.717) is 54.0 Å². The lowest BCUT2D eigenvalue weighted by Gasteiger charge is -2.34. The van der Waals surface area contributed by atoms with Crippen LogP contribution in [0.2, 0.25) is 5.02 Å². The van der Waals surface area contributed by atoms with Gasteiger partial charge < -0.3 is 24.4 Å². The van der Waals surface area contributed by atoms with Gasteiger partial charge in [0, 0.05) is 84.2 Å². The number of hydrogen-bond donors (Lipinski definition) is 2. The minimum Gasteiger partial charge on any atom is -0.496 e. The summed E-state index contributed by atoms with van der Waals surface area (Å²) < 4.78 is 18.8. The van der Waals surface area contributed by atoms with E-state index in [9.17, 15) is 18.9 Å². The molecule has 7 rings (SSSR count). The number of aromatic nitrogens is 2. The number of halogens is 1. The van der Waals surface area contributed by atoms with E-state index < -0.39 is 13.2 Å². The molecule has 0 bridgehead atoms. The molecular formula is C44H52ClN6O5PS. The third kappa shape index (κ3) is 10.1. The van der Waals surface area contributed by atoms with Gasteiger partial charge in [0.25, 0.3) is 5.91 Å². The number of carbonyl (C=O) groups excluding carboxylic acids is 3. The van der Waals surface area contributed by atoms with Crippen molar-refractivity contribution in [2.45, 2.75) is 81.3 Å². The number of hydrogen-bond acceptors (Lipinski definition) is 10. The van der Waals surface area contributed by atoms with Crippen molar-refractivity contribution in [3.63, 3.8) is 0 Å². The number of anilines is 1. The van der Waals surface area contributed by atoms with E-state index >= 15 is 0 Å². The first kappa shape index (κ1) is 41.9. The number of unbranched alkanes of at least 4 members (excludes halogenated alkanes) is 2. The van der Waals surface area contributed by atoms with E-state index in [1.807, 2.05) is 48.2 Å². The number of nitrogens with zero attached hydrogens (tertiary/aromatic N) is 4. The minimum atomic E-state index is -2.46. The molecule has 4 heterocycles. The highest BCUT2D eigenvalue weighted by Crippen LogP contribution is 2.37. The number of ether oxygens (including phenoxy) is 1. The highest BCUT2D eigenvalue weighted by Gasteiger charge is 2.39. The molecule has 2 saturated heterocycles. The number of amides is 3. The molecule has 0 spiro atoms. The first-order valence-corrected chi connectivity index (χ1v) is 24.1. The third-order valence-corrected chi connectivity index (χ3v) is 14.3. The molecule has 0 radical (unpaired) electrons. The summed E-state index contributed by atoms with van der Waals surface area (Å²) in [5.74, 6) is 1.69. The lowest BCUT2D eigenvalue weighted by molar-refractivity contribution is -0.136. The minimum absolute atomic E-state index is 0.132. The number of nitrogens with one attached hydrogen (secondary N) is 2. The van der Waals surface area contributed by atoms with Crippen LogP contribution in [0, 0.1) is 0 Å². The Morgan fingerprint density at radius 1 is 0.966 bits per heavy atom. The molecule has 1 unspecified atom stereocenters. The SMILES string of the molecule is COc1cc(N2CCC(NCCCCCSc3ccc4c(c3)CN(C3CCC(=O)NC3=O)C4=O)CC2)ccc1Cc1ncc(Cl)c(Cc2ccccc2P(C)(C)=O)n1. The van der Waals surface area contributed by atoms with E-state index in [4.69, 9.17) is 21.3 Å². The fourth-order valence-corrected chi connectivity index (χ4v) is 10.6. The number of imide groups is 1. The van der Waals surface area contributed by atoms with Crippen LogP contribution in [0.15, 0.2) is 71.8 Å². The predicted molar refractivity (Wildman–Crippen MR) is 231 cm³/mol. The molecule has 14 heteroatoms. The van der Waals surface area contributed by atoms with Crippen LogP contribution in [0.1, 0.15) is 83.5 Å². The standard InChI is InChI=1S/C44H52ClN6O5PS/c1-56-39-26-33(12-11-29(39)25-41-47-27-36(45)37(48-41)24-30-9-5-6-10-40(30)57(2,3)55)50-20-17-32(18-21-50)46-19-7-4-8-22-58-34-13-14-35-31(23-34)28-51(44(35)54)38-15-16-42(52)49-43(38)53/h5-6,9-14,23,26-27,32,38,46H,4,7-8,15-22,24-25,28H2,1-3H3,(H,49,52,53). The molecule has 11 nitrogen and oxygen atoms in total. The van der Waals surface area contributed by atoms with Crippen LogP contribution in [0.5, 0.6) is 5.75 Å². The maximum Gasteiger partial charge on any atom is 0.255 e. The van der Waals surface area contributed by atoms with Crippen LogP contribution in [0.3, 0.4) is 0 Å². The van der Waals surface area contributed by atoms with Gasteiger partial charge in [0.05, 0.1) is 17.8 Å². The van der Waals surface area contributed by atoms with Gasteiger partial charge in [-0.25, -0.2) is 9.97 Å². The van der Waals surface area contributed by atoms with Crippen molar-refractivity contribution in [1.29, 1.82) is 0 Å². The van der Waals surface area contributed by atoms with Gasteiger partial charge in [-0.3, -0.25) is 19.7 Å². The van der Waals surface area contributed by atoms with E-state index in [-0.39, 0.29) is 24.1 Å². The smallest absolute Gasteiger partial charge is 0.255 e. The van der Waals surface area contributed by atoms with Crippen LogP contribution in [0.4, 0.5) is 5.69 Å². The van der Waals surface area contributed by atoms with E-state index in [2.05, 4.69) is 44.8 Å². The van der Waals surface area contributed by atoms with Crippen molar-refractivity contribution >= 4 is 59.2 Å². The number of thioether (sulfide) groups is 1. The quantitative estimate of drug-likeness (QED) is 0.0534. The zero-order chi connectivity index (χ0) is 40.8. The number of methoxy groups -OCH3 is 1. The molecule has 0 aliphatic carbocycles. The van der Waals surface area contributed by atoms with Crippen LogP contribution >= 0.6 is 30.5 Å². The van der Waals surface area contributed by atoms with Crippen molar-refractivity contribution in [2.75, 3.05) is 50.7 Å². The highest BCUT2D eigenvalue weighted by atomic mass is 35.5. The zero-order valence-corrected chi connectivity index (χ0v) is 35.9. The molecule has 4 aromatic rings. The molecule has 306 valence electrons. The Balaban J connectivity index is 0.821. The summed E-state index contributed by atoms with van der Waals surface area (Å²) in [6.45, 7) is 6.93. The molecule has 1 aromatic heterocycles. The molecule has 2 N–H and O–H groups in total. The summed E-state index contributed by atoms with van der Waals surface area (Å²) in [6, 6.07) is 20.1. The molecule has 3 aliphatic rings. The van der Waals surface area contributed by atoms with Crippen molar-refractivity contribution in [1.82, 2.24) is 25.5 Å². The van der Waals surface area contributed by atoms with Gasteiger partial charge in [-0.1, -0.05) is 48.4 Å². The Morgan fingerprint density at radius 2 is 1.78 bits per heavy atom. The average molecular weight is 843 g/mol. The van der Waals surface area contributed by atoms with Crippen LogP contribution in [-0.2, 0) is 33.5 Å². The van der Waals surface area contributed by atoms with Crippen LogP contribution in [0.25, 0.3) is 0 Å². The Hall–Kier alpha value is -4.22. The first-order chi connectivity index (χ1) is 28.0. The third-order valence-electron chi connectivity index (χ3n) is 11.3. The summed E-state index contributed by atoms with van der Waals surface area (Å²) in [5, 5.41) is 7.49. The summed E-state index contributed by atoms with van der Waals surface area (Å²) in [7, 11) is -0.762. The first-order valence-electron chi connectivity index (χ1n) is 20.2. The van der Waals surface area contributed by atoms with Gasteiger partial charge in [0.1, 0.15) is 24.8 Å². The Labute approximate surface area is 350 Å². The molecule has 2 fully saturated rings. The zero-order valence-electron chi connectivity index (χ0n) is 33.5. The van der Waals surface area contributed by atoms with E-state index in [1.165, 1.54) is 0 Å². The number of benzene rings is 3.